The molecule has 0 radical (unpaired) electrons. The van der Waals surface area contributed by atoms with E-state index in [1.807, 2.05) is 13.8 Å². The fourth-order valence-electron chi connectivity index (χ4n) is 4.46. The highest BCUT2D eigenvalue weighted by atomic mass is 19.4. The van der Waals surface area contributed by atoms with Crippen LogP contribution in [0.5, 0.6) is 0 Å². The topological polar surface area (TPSA) is 130 Å². The third kappa shape index (κ3) is 5.90. The summed E-state index contributed by atoms with van der Waals surface area (Å²) in [6, 6.07) is 3.37. The molecule has 0 spiro atoms. The van der Waals surface area contributed by atoms with Gasteiger partial charge in [0.15, 0.2) is 11.5 Å². The van der Waals surface area contributed by atoms with Gasteiger partial charge < -0.3 is 20.4 Å². The van der Waals surface area contributed by atoms with Gasteiger partial charge in [-0.2, -0.15) is 18.3 Å². The lowest BCUT2D eigenvalue weighted by Crippen LogP contribution is -2.35. The second-order valence-electron chi connectivity index (χ2n) is 10.4. The number of nitrogens with zero attached hydrogens (tertiary/aromatic N) is 5. The summed E-state index contributed by atoms with van der Waals surface area (Å²) in [6.07, 6.45) is 1.96. The van der Waals surface area contributed by atoms with Gasteiger partial charge >= 0.3 is 6.18 Å². The van der Waals surface area contributed by atoms with Crippen molar-refractivity contribution >= 4 is 29.1 Å². The van der Waals surface area contributed by atoms with Crippen molar-refractivity contribution in [3.63, 3.8) is 0 Å². The van der Waals surface area contributed by atoms with E-state index in [-0.39, 0.29) is 29.2 Å². The molecule has 5 rings (SSSR count). The van der Waals surface area contributed by atoms with E-state index < -0.39 is 24.0 Å². The Kier molecular flexibility index (Phi) is 6.83. The quantitative estimate of drug-likeness (QED) is 0.372. The number of halogens is 3. The summed E-state index contributed by atoms with van der Waals surface area (Å²) in [4.78, 5) is 36.0. The van der Waals surface area contributed by atoms with E-state index in [2.05, 4.69) is 31.0 Å². The number of alkyl halides is 3. The molecule has 3 aromatic heterocycles. The number of oxazole rings is 1. The van der Waals surface area contributed by atoms with Crippen LogP contribution in [0.15, 0.2) is 35.2 Å². The van der Waals surface area contributed by atoms with E-state index >= 15 is 0 Å². The van der Waals surface area contributed by atoms with Crippen LogP contribution in [0.25, 0.3) is 11.5 Å². The first-order valence-corrected chi connectivity index (χ1v) is 12.5. The largest absolute Gasteiger partial charge is 0.444 e. The highest BCUT2D eigenvalue weighted by molar-refractivity contribution is 6.07. The fraction of sp³-hybridized carbons (Fsp3) is 0.480. The average Bonchev–Trinajstić information content (AvgIpc) is 3.35. The molecular formula is C25H29F3N8O3. The number of hydrogen-bond acceptors (Lipinski definition) is 8. The molecule has 1 aliphatic heterocycles. The smallest absolute Gasteiger partial charge is 0.405 e. The van der Waals surface area contributed by atoms with Crippen molar-refractivity contribution in [2.75, 3.05) is 35.2 Å². The van der Waals surface area contributed by atoms with Crippen molar-refractivity contribution in [2.24, 2.45) is 18.4 Å². The molecule has 3 aromatic rings. The molecule has 39 heavy (non-hydrogen) atoms. The lowest BCUT2D eigenvalue weighted by atomic mass is 9.81. The van der Waals surface area contributed by atoms with Gasteiger partial charge in [-0.05, 0) is 25.0 Å². The first kappa shape index (κ1) is 26.7. The highest BCUT2D eigenvalue weighted by Gasteiger charge is 2.49. The highest BCUT2D eigenvalue weighted by Crippen LogP contribution is 2.41. The zero-order chi connectivity index (χ0) is 27.9. The van der Waals surface area contributed by atoms with E-state index in [1.54, 1.807) is 18.1 Å². The summed E-state index contributed by atoms with van der Waals surface area (Å²) in [7, 11) is 1.69. The van der Waals surface area contributed by atoms with Gasteiger partial charge in [-0.25, -0.2) is 9.97 Å². The minimum absolute atomic E-state index is 0.0159. The van der Waals surface area contributed by atoms with Crippen molar-refractivity contribution in [1.29, 1.82) is 0 Å². The number of hydrogen-bond donors (Lipinski definition) is 3. The number of carbonyl (C=O) groups excluding carboxylic acids is 2. The zero-order valence-electron chi connectivity index (χ0n) is 21.7. The molecule has 0 bridgehead atoms. The maximum Gasteiger partial charge on any atom is 0.405 e. The summed E-state index contributed by atoms with van der Waals surface area (Å²) in [5.41, 5.74) is 0.0298. The molecule has 4 heterocycles. The van der Waals surface area contributed by atoms with Crippen LogP contribution >= 0.6 is 0 Å². The lowest BCUT2D eigenvalue weighted by molar-refractivity contribution is -0.125. The molecule has 3 N–H and O–H groups in total. The maximum absolute atomic E-state index is 13.3. The van der Waals surface area contributed by atoms with Crippen molar-refractivity contribution in [3.8, 4) is 11.5 Å². The third-order valence-electron chi connectivity index (χ3n) is 6.98. The van der Waals surface area contributed by atoms with E-state index in [4.69, 9.17) is 4.42 Å². The molecule has 0 aromatic carbocycles. The molecule has 14 heteroatoms. The van der Waals surface area contributed by atoms with Crippen molar-refractivity contribution in [1.82, 2.24) is 25.1 Å². The number of aryl methyl sites for hydroxylation is 1. The Morgan fingerprint density at radius 1 is 1.28 bits per heavy atom. The molecular weight excluding hydrogens is 517 g/mol. The Morgan fingerprint density at radius 2 is 2.05 bits per heavy atom. The predicted octanol–water partition coefficient (Wildman–Crippen LogP) is 3.44. The van der Waals surface area contributed by atoms with Gasteiger partial charge in [0, 0.05) is 49.3 Å². The molecule has 11 nitrogen and oxygen atoms in total. The number of aromatic nitrogens is 4. The van der Waals surface area contributed by atoms with Gasteiger partial charge in [0.2, 0.25) is 11.8 Å². The van der Waals surface area contributed by atoms with Gasteiger partial charge in [0.1, 0.15) is 24.3 Å². The van der Waals surface area contributed by atoms with Crippen LogP contribution in [-0.4, -0.2) is 63.4 Å². The molecule has 2 fully saturated rings. The molecule has 208 valence electrons. The van der Waals surface area contributed by atoms with Crippen molar-refractivity contribution < 1.29 is 27.2 Å². The van der Waals surface area contributed by atoms with E-state index in [1.165, 1.54) is 23.0 Å². The van der Waals surface area contributed by atoms with Crippen molar-refractivity contribution in [2.45, 2.75) is 38.9 Å². The van der Waals surface area contributed by atoms with Crippen LogP contribution in [0.3, 0.4) is 0 Å². The van der Waals surface area contributed by atoms with Gasteiger partial charge in [-0.1, -0.05) is 13.8 Å². The van der Waals surface area contributed by atoms with Crippen LogP contribution in [0.1, 0.15) is 37.2 Å². The number of amides is 2. The summed E-state index contributed by atoms with van der Waals surface area (Å²) in [5.74, 6) is -0.234. The van der Waals surface area contributed by atoms with E-state index in [9.17, 15) is 22.8 Å². The zero-order valence-corrected chi connectivity index (χ0v) is 21.7. The molecule has 2 amide bonds. The second-order valence-corrected chi connectivity index (χ2v) is 10.4. The van der Waals surface area contributed by atoms with Crippen LogP contribution in [-0.2, 0) is 11.8 Å². The number of pyridine rings is 1. The van der Waals surface area contributed by atoms with Gasteiger partial charge in [0.05, 0.1) is 6.20 Å². The minimum Gasteiger partial charge on any atom is -0.444 e. The first-order valence-electron chi connectivity index (χ1n) is 12.5. The van der Waals surface area contributed by atoms with Crippen LogP contribution in [0, 0.1) is 11.3 Å². The summed E-state index contributed by atoms with van der Waals surface area (Å²) in [6.45, 7) is 3.79. The number of anilines is 3. The molecule has 1 unspecified atom stereocenters. The second kappa shape index (κ2) is 9.98. The molecule has 2 aliphatic rings. The Labute approximate surface area is 222 Å². The maximum atomic E-state index is 13.3. The Balaban J connectivity index is 1.29. The SMILES string of the molecule is Cn1cc(NC(=O)c2coc(-c3ccnc(NCC(F)(F)F)c3)n2)c(N2CC(CNC3CC3)C(C)(C)C2=O)n1. The fourth-order valence-corrected chi connectivity index (χ4v) is 4.46. The third-order valence-corrected chi connectivity index (χ3v) is 6.98. The van der Waals surface area contributed by atoms with E-state index in [0.29, 0.717) is 29.7 Å². The number of nitrogens with one attached hydrogen (secondary N) is 3. The van der Waals surface area contributed by atoms with Crippen LogP contribution in [0.4, 0.5) is 30.5 Å². The monoisotopic (exact) mass is 546 g/mol. The van der Waals surface area contributed by atoms with Crippen LogP contribution in [0.2, 0.25) is 0 Å². The molecule has 1 atom stereocenters. The normalized spacial score (nSPS) is 19.0. The first-order chi connectivity index (χ1) is 18.4. The van der Waals surface area contributed by atoms with Crippen molar-refractivity contribution in [3.05, 3.63) is 36.5 Å². The lowest BCUT2D eigenvalue weighted by Gasteiger charge is -2.23. The molecule has 1 aliphatic carbocycles. The Morgan fingerprint density at radius 3 is 2.77 bits per heavy atom. The van der Waals surface area contributed by atoms with Gasteiger partial charge in [0.25, 0.3) is 5.91 Å². The summed E-state index contributed by atoms with van der Waals surface area (Å²) < 4.78 is 44.5. The predicted molar refractivity (Wildman–Crippen MR) is 136 cm³/mol. The molecule has 1 saturated carbocycles. The van der Waals surface area contributed by atoms with Crippen LogP contribution < -0.4 is 20.9 Å². The standard InChI is InChI=1S/C25H29F3N8O3/c1-24(2)15(9-30-16-4-5-16)10-36(23(24)38)20-17(11-35(3)34-20)32-21(37)18-12-39-22(33-18)14-6-7-29-19(8-14)31-13-25(26,27)28/h6-8,11-12,15-16,30H,4-5,9-10,13H2,1-3H3,(H,29,31)(H,32,37). The number of rotatable bonds is 9. The summed E-state index contributed by atoms with van der Waals surface area (Å²) in [5, 5.41) is 12.9. The number of carbonyl (C=O) groups is 2. The average molecular weight is 547 g/mol. The summed E-state index contributed by atoms with van der Waals surface area (Å²) >= 11 is 0. The van der Waals surface area contributed by atoms with E-state index in [0.717, 1.165) is 25.6 Å². The van der Waals surface area contributed by atoms with Gasteiger partial charge in [-0.3, -0.25) is 19.2 Å². The Hall–Kier alpha value is -3.94. The Bertz CT molecular complexity index is 1380. The molecule has 1 saturated heterocycles. The minimum atomic E-state index is -4.40. The van der Waals surface area contributed by atoms with Gasteiger partial charge in [-0.15, -0.1) is 0 Å².